The predicted octanol–water partition coefficient (Wildman–Crippen LogP) is 3.93. The minimum atomic E-state index is -0.109. The van der Waals surface area contributed by atoms with Crippen molar-refractivity contribution in [2.45, 2.75) is 30.2 Å². The summed E-state index contributed by atoms with van der Waals surface area (Å²) in [5, 5.41) is 0. The number of nitrogens with zero attached hydrogens (tertiary/aromatic N) is 3. The second-order valence-electron chi connectivity index (χ2n) is 7.13. The maximum absolute atomic E-state index is 12.1. The van der Waals surface area contributed by atoms with Crippen molar-refractivity contribution in [3.8, 4) is 11.5 Å². The number of rotatable bonds is 5. The molecule has 2 aromatic heterocycles. The molecule has 1 N–H and O–H groups in total. The average molecular weight is 393 g/mol. The van der Waals surface area contributed by atoms with Crippen LogP contribution in [0.4, 0.5) is 0 Å². The van der Waals surface area contributed by atoms with Gasteiger partial charge in [0.2, 0.25) is 0 Å². The van der Waals surface area contributed by atoms with Crippen LogP contribution in [0.1, 0.15) is 30.0 Å². The molecule has 0 saturated carbocycles. The van der Waals surface area contributed by atoms with Crippen LogP contribution in [0.5, 0.6) is 0 Å². The van der Waals surface area contributed by atoms with Crippen molar-refractivity contribution < 1.29 is 0 Å². The maximum atomic E-state index is 12.1. The van der Waals surface area contributed by atoms with E-state index in [1.807, 2.05) is 18.2 Å². The standard InChI is InChI=1S/C22H24N4OS/c1-28-18-7-5-16(6-8-18)15-26-12-9-17(10-13-26)20-14-21(27)25-22(24-20)19-4-2-3-11-23-19/h2-8,11,14,17H,9-10,12-13,15H2,1H3,(H,24,25,27). The summed E-state index contributed by atoms with van der Waals surface area (Å²) in [5.74, 6) is 0.874. The largest absolute Gasteiger partial charge is 0.305 e. The zero-order chi connectivity index (χ0) is 19.3. The normalized spacial score (nSPS) is 15.6. The van der Waals surface area contributed by atoms with E-state index >= 15 is 0 Å². The zero-order valence-electron chi connectivity index (χ0n) is 16.0. The fourth-order valence-electron chi connectivity index (χ4n) is 3.69. The minimum Gasteiger partial charge on any atom is -0.305 e. The van der Waals surface area contributed by atoms with Crippen LogP contribution in [-0.2, 0) is 6.54 Å². The molecule has 3 aromatic rings. The van der Waals surface area contributed by atoms with Gasteiger partial charge in [0.05, 0.1) is 5.69 Å². The number of aromatic amines is 1. The van der Waals surface area contributed by atoms with Crippen molar-refractivity contribution in [2.75, 3.05) is 19.3 Å². The SMILES string of the molecule is CSc1ccc(CN2CCC(c3cc(=O)[nH]c(-c4ccccn4)n3)CC2)cc1. The van der Waals surface area contributed by atoms with E-state index in [2.05, 4.69) is 45.4 Å². The summed E-state index contributed by atoms with van der Waals surface area (Å²) in [6.45, 7) is 3.01. The Bertz CT molecular complexity index is 964. The van der Waals surface area contributed by atoms with Crippen LogP contribution in [0.2, 0.25) is 0 Å². The molecule has 0 spiro atoms. The number of benzene rings is 1. The zero-order valence-corrected chi connectivity index (χ0v) is 16.8. The molecule has 144 valence electrons. The molecule has 1 aliphatic heterocycles. The molecule has 1 aliphatic rings. The molecule has 1 fully saturated rings. The van der Waals surface area contributed by atoms with E-state index in [4.69, 9.17) is 4.98 Å². The van der Waals surface area contributed by atoms with Crippen LogP contribution in [-0.4, -0.2) is 39.2 Å². The van der Waals surface area contributed by atoms with Crippen molar-refractivity contribution in [1.82, 2.24) is 19.9 Å². The Labute approximate surface area is 169 Å². The lowest BCUT2D eigenvalue weighted by Crippen LogP contribution is -2.33. The topological polar surface area (TPSA) is 61.9 Å². The molecule has 0 unspecified atom stereocenters. The fraction of sp³-hybridized carbons (Fsp3) is 0.318. The third-order valence-electron chi connectivity index (χ3n) is 5.24. The predicted molar refractivity (Wildman–Crippen MR) is 114 cm³/mol. The Morgan fingerprint density at radius 3 is 2.61 bits per heavy atom. The number of hydrogen-bond acceptors (Lipinski definition) is 5. The van der Waals surface area contributed by atoms with Crippen LogP contribution in [0.15, 0.2) is 64.4 Å². The van der Waals surface area contributed by atoms with Gasteiger partial charge >= 0.3 is 0 Å². The molecule has 5 nitrogen and oxygen atoms in total. The summed E-state index contributed by atoms with van der Waals surface area (Å²) in [5.41, 5.74) is 2.82. The van der Waals surface area contributed by atoms with Crippen molar-refractivity contribution in [1.29, 1.82) is 0 Å². The Balaban J connectivity index is 1.42. The molecule has 0 aliphatic carbocycles. The summed E-state index contributed by atoms with van der Waals surface area (Å²) in [6.07, 6.45) is 5.84. The van der Waals surface area contributed by atoms with Crippen LogP contribution >= 0.6 is 11.8 Å². The van der Waals surface area contributed by atoms with Crippen LogP contribution < -0.4 is 5.56 Å². The Kier molecular flexibility index (Phi) is 5.88. The first-order chi connectivity index (χ1) is 13.7. The smallest absolute Gasteiger partial charge is 0.251 e. The van der Waals surface area contributed by atoms with E-state index in [1.165, 1.54) is 10.5 Å². The summed E-state index contributed by atoms with van der Waals surface area (Å²) in [4.78, 5) is 27.8. The highest BCUT2D eigenvalue weighted by Crippen LogP contribution is 2.28. The molecule has 3 heterocycles. The number of thioether (sulfide) groups is 1. The number of aromatic nitrogens is 3. The van der Waals surface area contributed by atoms with E-state index in [1.54, 1.807) is 24.0 Å². The van der Waals surface area contributed by atoms with Crippen molar-refractivity contribution in [3.63, 3.8) is 0 Å². The van der Waals surface area contributed by atoms with Gasteiger partial charge in [-0.3, -0.25) is 14.7 Å². The number of H-pyrrole nitrogens is 1. The summed E-state index contributed by atoms with van der Waals surface area (Å²) < 4.78 is 0. The quantitative estimate of drug-likeness (QED) is 0.667. The third kappa shape index (κ3) is 4.51. The number of nitrogens with one attached hydrogen (secondary N) is 1. The monoisotopic (exact) mass is 392 g/mol. The van der Waals surface area contributed by atoms with Crippen LogP contribution in [0.25, 0.3) is 11.5 Å². The van der Waals surface area contributed by atoms with Crippen LogP contribution in [0, 0.1) is 0 Å². The molecule has 0 radical (unpaired) electrons. The van der Waals surface area contributed by atoms with Gasteiger partial charge < -0.3 is 4.98 Å². The lowest BCUT2D eigenvalue weighted by molar-refractivity contribution is 0.203. The second kappa shape index (κ2) is 8.71. The van der Waals surface area contributed by atoms with Gasteiger partial charge in [0.1, 0.15) is 5.69 Å². The van der Waals surface area contributed by atoms with Crippen LogP contribution in [0.3, 0.4) is 0 Å². The Hall–Kier alpha value is -2.44. The van der Waals surface area contributed by atoms with E-state index in [-0.39, 0.29) is 5.56 Å². The molecule has 28 heavy (non-hydrogen) atoms. The third-order valence-corrected chi connectivity index (χ3v) is 5.98. The van der Waals surface area contributed by atoms with Crippen molar-refractivity contribution in [2.24, 2.45) is 0 Å². The van der Waals surface area contributed by atoms with Gasteiger partial charge in [0.25, 0.3) is 5.56 Å². The van der Waals surface area contributed by atoms with Gasteiger partial charge in [-0.15, -0.1) is 11.8 Å². The minimum absolute atomic E-state index is 0.109. The average Bonchev–Trinajstić information content (AvgIpc) is 2.75. The summed E-state index contributed by atoms with van der Waals surface area (Å²) in [6, 6.07) is 16.1. The van der Waals surface area contributed by atoms with Gasteiger partial charge in [-0.2, -0.15) is 0 Å². The van der Waals surface area contributed by atoms with Crippen molar-refractivity contribution >= 4 is 11.8 Å². The highest BCUT2D eigenvalue weighted by atomic mass is 32.2. The number of pyridine rings is 1. The highest BCUT2D eigenvalue weighted by molar-refractivity contribution is 7.98. The number of piperidine rings is 1. The fourth-order valence-corrected chi connectivity index (χ4v) is 4.09. The van der Waals surface area contributed by atoms with E-state index < -0.39 is 0 Å². The second-order valence-corrected chi connectivity index (χ2v) is 8.01. The maximum Gasteiger partial charge on any atom is 0.251 e. The first kappa shape index (κ1) is 18.9. The van der Waals surface area contributed by atoms with Gasteiger partial charge in [0.15, 0.2) is 5.82 Å². The summed E-state index contributed by atoms with van der Waals surface area (Å²) >= 11 is 1.77. The lowest BCUT2D eigenvalue weighted by Gasteiger charge is -2.31. The molecule has 0 atom stereocenters. The van der Waals surface area contributed by atoms with E-state index in [0.717, 1.165) is 38.2 Å². The molecular weight excluding hydrogens is 368 g/mol. The molecule has 6 heteroatoms. The van der Waals surface area contributed by atoms with Gasteiger partial charge in [-0.05, 0) is 62.0 Å². The molecule has 1 aromatic carbocycles. The molecule has 1 saturated heterocycles. The van der Waals surface area contributed by atoms with E-state index in [9.17, 15) is 4.79 Å². The molecule has 4 rings (SSSR count). The highest BCUT2D eigenvalue weighted by Gasteiger charge is 2.22. The Morgan fingerprint density at radius 2 is 1.93 bits per heavy atom. The van der Waals surface area contributed by atoms with E-state index in [0.29, 0.717) is 17.4 Å². The molecular formula is C22H24N4OS. The molecule has 0 amide bonds. The molecule has 0 bridgehead atoms. The van der Waals surface area contributed by atoms with Gasteiger partial charge in [-0.25, -0.2) is 4.98 Å². The Morgan fingerprint density at radius 1 is 1.14 bits per heavy atom. The first-order valence-corrected chi connectivity index (χ1v) is 10.8. The summed E-state index contributed by atoms with van der Waals surface area (Å²) in [7, 11) is 0. The lowest BCUT2D eigenvalue weighted by atomic mass is 9.93. The van der Waals surface area contributed by atoms with Gasteiger partial charge in [-0.1, -0.05) is 18.2 Å². The number of likely N-dealkylation sites (tertiary alicyclic amines) is 1. The van der Waals surface area contributed by atoms with Gasteiger partial charge in [0, 0.05) is 29.6 Å². The number of hydrogen-bond donors (Lipinski definition) is 1. The van der Waals surface area contributed by atoms with Crippen molar-refractivity contribution in [3.05, 3.63) is 76.3 Å². The first-order valence-electron chi connectivity index (χ1n) is 9.59.